The second-order valence-corrected chi connectivity index (χ2v) is 13.5. The molecular formula is C32H54O5. The van der Waals surface area contributed by atoms with Gasteiger partial charge in [0, 0.05) is 6.42 Å². The standard InChI is InChI=1S/C32H54O5/c1-4-32(19-7-8-20-32)37-30(35)22-36-29(34)17-14-23(2)27-15-16-28-26-13-6-5-11-25(33)12-9-10-24(26)18-21-31(27,28)3/h23-28,33H,4-22H2,1-3H3. The van der Waals surface area contributed by atoms with Crippen LogP contribution in [0.4, 0.5) is 0 Å². The minimum atomic E-state index is -0.395. The van der Waals surface area contributed by atoms with E-state index in [9.17, 15) is 14.7 Å². The molecule has 5 heteroatoms. The molecule has 0 aromatic carbocycles. The van der Waals surface area contributed by atoms with E-state index in [2.05, 4.69) is 20.8 Å². The molecule has 7 unspecified atom stereocenters. The van der Waals surface area contributed by atoms with Crippen LogP contribution >= 0.6 is 0 Å². The summed E-state index contributed by atoms with van der Waals surface area (Å²) in [5, 5.41) is 10.2. The van der Waals surface area contributed by atoms with Crippen LogP contribution in [-0.2, 0) is 19.1 Å². The summed E-state index contributed by atoms with van der Waals surface area (Å²) in [6.07, 6.45) is 19.5. The highest BCUT2D eigenvalue weighted by Crippen LogP contribution is 2.62. The number of rotatable bonds is 8. The zero-order valence-corrected chi connectivity index (χ0v) is 24.0. The maximum atomic E-state index is 12.5. The molecule has 4 saturated carbocycles. The van der Waals surface area contributed by atoms with Gasteiger partial charge in [-0.05, 0) is 118 Å². The molecule has 0 aliphatic heterocycles. The average Bonchev–Trinajstić information content (AvgIpc) is 3.49. The lowest BCUT2D eigenvalue weighted by Crippen LogP contribution is -2.43. The molecule has 37 heavy (non-hydrogen) atoms. The van der Waals surface area contributed by atoms with Crippen molar-refractivity contribution in [1.82, 2.24) is 0 Å². The van der Waals surface area contributed by atoms with Gasteiger partial charge in [0.05, 0.1) is 6.10 Å². The summed E-state index contributed by atoms with van der Waals surface area (Å²) in [5.74, 6) is 2.98. The van der Waals surface area contributed by atoms with Gasteiger partial charge in [-0.3, -0.25) is 4.79 Å². The van der Waals surface area contributed by atoms with Crippen LogP contribution in [0.5, 0.6) is 0 Å². The Morgan fingerprint density at radius 2 is 1.62 bits per heavy atom. The van der Waals surface area contributed by atoms with Crippen molar-refractivity contribution < 1.29 is 24.2 Å². The Balaban J connectivity index is 1.25. The minimum Gasteiger partial charge on any atom is -0.457 e. The predicted octanol–water partition coefficient (Wildman–Crippen LogP) is 7.38. The lowest BCUT2D eigenvalue weighted by atomic mass is 9.55. The highest BCUT2D eigenvalue weighted by molar-refractivity contribution is 5.76. The number of carbonyl (C=O) groups excluding carboxylic acids is 2. The first kappa shape index (κ1) is 28.9. The van der Waals surface area contributed by atoms with Gasteiger partial charge in [0.1, 0.15) is 5.60 Å². The molecule has 0 radical (unpaired) electrons. The summed E-state index contributed by atoms with van der Waals surface area (Å²) in [7, 11) is 0. The molecule has 4 fully saturated rings. The third-order valence-corrected chi connectivity index (χ3v) is 11.4. The Labute approximate surface area is 225 Å². The van der Waals surface area contributed by atoms with Gasteiger partial charge in [0.15, 0.2) is 6.61 Å². The van der Waals surface area contributed by atoms with Gasteiger partial charge in [-0.1, -0.05) is 46.5 Å². The fourth-order valence-corrected chi connectivity index (χ4v) is 9.23. The van der Waals surface area contributed by atoms with Crippen LogP contribution in [0.1, 0.15) is 136 Å². The van der Waals surface area contributed by atoms with Crippen LogP contribution in [0.3, 0.4) is 0 Å². The Kier molecular flexibility index (Phi) is 10.0. The SMILES string of the molecule is CCC1(OC(=O)COC(=O)CCC(C)C2CCC3C4CCCCC(O)CCCC4CCC23C)CCCC1. The number of carbonyl (C=O) groups is 2. The first-order valence-electron chi connectivity index (χ1n) is 15.8. The van der Waals surface area contributed by atoms with Crippen LogP contribution in [0.25, 0.3) is 0 Å². The van der Waals surface area contributed by atoms with E-state index in [1.165, 1.54) is 57.8 Å². The van der Waals surface area contributed by atoms with Gasteiger partial charge >= 0.3 is 11.9 Å². The quantitative estimate of drug-likeness (QED) is 0.339. The normalized spacial score (nSPS) is 36.7. The topological polar surface area (TPSA) is 72.8 Å². The van der Waals surface area contributed by atoms with Crippen LogP contribution in [0.15, 0.2) is 0 Å². The number of aliphatic hydroxyl groups excluding tert-OH is 1. The molecule has 212 valence electrons. The van der Waals surface area contributed by atoms with Gasteiger partial charge < -0.3 is 14.6 Å². The van der Waals surface area contributed by atoms with E-state index in [4.69, 9.17) is 9.47 Å². The smallest absolute Gasteiger partial charge is 0.344 e. The van der Waals surface area contributed by atoms with Crippen molar-refractivity contribution in [2.45, 2.75) is 148 Å². The van der Waals surface area contributed by atoms with E-state index in [-0.39, 0.29) is 24.3 Å². The molecule has 4 rings (SSSR count). The molecular weight excluding hydrogens is 464 g/mol. The largest absolute Gasteiger partial charge is 0.457 e. The zero-order valence-electron chi connectivity index (χ0n) is 24.0. The molecule has 0 spiro atoms. The molecule has 0 saturated heterocycles. The first-order chi connectivity index (χ1) is 17.8. The van der Waals surface area contributed by atoms with Crippen LogP contribution in [0, 0.1) is 35.0 Å². The van der Waals surface area contributed by atoms with Crippen LogP contribution in [0.2, 0.25) is 0 Å². The van der Waals surface area contributed by atoms with E-state index in [1.54, 1.807) is 0 Å². The summed E-state index contributed by atoms with van der Waals surface area (Å²) < 4.78 is 11.1. The maximum absolute atomic E-state index is 12.5. The predicted molar refractivity (Wildman–Crippen MR) is 146 cm³/mol. The molecule has 1 N–H and O–H groups in total. The van der Waals surface area contributed by atoms with Crippen LogP contribution < -0.4 is 0 Å². The lowest BCUT2D eigenvalue weighted by molar-refractivity contribution is -0.170. The molecule has 4 aliphatic carbocycles. The Hall–Kier alpha value is -1.10. The number of ether oxygens (including phenoxy) is 2. The maximum Gasteiger partial charge on any atom is 0.344 e. The summed E-state index contributed by atoms with van der Waals surface area (Å²) in [6, 6.07) is 0. The van der Waals surface area contributed by atoms with Crippen molar-refractivity contribution in [3.05, 3.63) is 0 Å². The van der Waals surface area contributed by atoms with E-state index in [0.29, 0.717) is 23.7 Å². The van der Waals surface area contributed by atoms with Gasteiger partial charge in [-0.25, -0.2) is 4.79 Å². The molecule has 0 aromatic heterocycles. The average molecular weight is 519 g/mol. The summed E-state index contributed by atoms with van der Waals surface area (Å²) in [5.41, 5.74) is 0.0508. The van der Waals surface area contributed by atoms with Gasteiger partial charge in [0.2, 0.25) is 0 Å². The number of esters is 2. The third-order valence-electron chi connectivity index (χ3n) is 11.4. The molecule has 0 heterocycles. The van der Waals surface area contributed by atoms with Gasteiger partial charge in [-0.15, -0.1) is 0 Å². The monoisotopic (exact) mass is 518 g/mol. The highest BCUT2D eigenvalue weighted by atomic mass is 16.6. The van der Waals surface area contributed by atoms with Crippen molar-refractivity contribution in [3.63, 3.8) is 0 Å². The molecule has 4 aliphatic rings. The van der Waals surface area contributed by atoms with Gasteiger partial charge in [-0.2, -0.15) is 0 Å². The van der Waals surface area contributed by atoms with Crippen molar-refractivity contribution in [2.24, 2.45) is 35.0 Å². The fourth-order valence-electron chi connectivity index (χ4n) is 9.23. The second kappa shape index (κ2) is 12.8. The summed E-state index contributed by atoms with van der Waals surface area (Å²) in [4.78, 5) is 24.8. The number of hydrogen-bond donors (Lipinski definition) is 1. The van der Waals surface area contributed by atoms with Crippen molar-refractivity contribution in [1.29, 1.82) is 0 Å². The molecule has 0 aromatic rings. The minimum absolute atomic E-state index is 0.0836. The summed E-state index contributed by atoms with van der Waals surface area (Å²) >= 11 is 0. The van der Waals surface area contributed by atoms with Gasteiger partial charge in [0.25, 0.3) is 0 Å². The molecule has 0 amide bonds. The zero-order chi connectivity index (χ0) is 26.5. The Morgan fingerprint density at radius 3 is 2.38 bits per heavy atom. The Morgan fingerprint density at radius 1 is 0.892 bits per heavy atom. The third kappa shape index (κ3) is 6.92. The number of fused-ring (bicyclic) bond motifs is 3. The first-order valence-corrected chi connectivity index (χ1v) is 15.8. The molecule has 7 atom stereocenters. The Bertz CT molecular complexity index is 758. The number of aliphatic hydroxyl groups is 1. The van der Waals surface area contributed by atoms with Crippen LogP contribution in [-0.4, -0.2) is 35.4 Å². The van der Waals surface area contributed by atoms with Crippen molar-refractivity contribution >= 4 is 11.9 Å². The van der Waals surface area contributed by atoms with E-state index in [0.717, 1.165) is 69.1 Å². The second-order valence-electron chi connectivity index (χ2n) is 13.5. The van der Waals surface area contributed by atoms with Crippen molar-refractivity contribution in [3.8, 4) is 0 Å². The molecule has 0 bridgehead atoms. The van der Waals surface area contributed by atoms with E-state index >= 15 is 0 Å². The molecule has 5 nitrogen and oxygen atoms in total. The van der Waals surface area contributed by atoms with E-state index in [1.807, 2.05) is 0 Å². The van der Waals surface area contributed by atoms with Crippen molar-refractivity contribution in [2.75, 3.05) is 6.61 Å². The highest BCUT2D eigenvalue weighted by Gasteiger charge is 2.54. The van der Waals surface area contributed by atoms with E-state index < -0.39 is 5.97 Å². The lowest BCUT2D eigenvalue weighted by Gasteiger charge is -2.50. The fraction of sp³-hybridized carbons (Fsp3) is 0.938. The summed E-state index contributed by atoms with van der Waals surface area (Å²) in [6.45, 7) is 6.72. The number of hydrogen-bond acceptors (Lipinski definition) is 5.